The van der Waals surface area contributed by atoms with Gasteiger partial charge in [0.05, 0.1) is 25.8 Å². The highest BCUT2D eigenvalue weighted by Gasteiger charge is 2.47. The molecule has 4 rings (SSSR count). The maximum absolute atomic E-state index is 13.9. The summed E-state index contributed by atoms with van der Waals surface area (Å²) >= 11 is 5.82. The molecule has 2 aromatic rings. The number of hydrogen-bond acceptors (Lipinski definition) is 7. The highest BCUT2D eigenvalue weighted by Crippen LogP contribution is 2.34. The summed E-state index contributed by atoms with van der Waals surface area (Å²) in [5.74, 6) is -0.492. The second-order valence-corrected chi connectivity index (χ2v) is 8.17. The molecule has 2 atom stereocenters. The van der Waals surface area contributed by atoms with Gasteiger partial charge in [-0.3, -0.25) is 14.2 Å². The highest BCUT2D eigenvalue weighted by molar-refractivity contribution is 6.29. The maximum atomic E-state index is 13.9. The van der Waals surface area contributed by atoms with Gasteiger partial charge in [-0.1, -0.05) is 11.6 Å². The number of Topliss-reactive ketones (excluding diaryl/α,β-unsaturated/α-hetero) is 1. The van der Waals surface area contributed by atoms with Crippen molar-refractivity contribution in [3.63, 3.8) is 0 Å². The Labute approximate surface area is 186 Å². The van der Waals surface area contributed by atoms with Gasteiger partial charge in [0.2, 0.25) is 5.95 Å². The Morgan fingerprint density at radius 3 is 2.78 bits per heavy atom. The first-order chi connectivity index (χ1) is 15.1. The van der Waals surface area contributed by atoms with Crippen LogP contribution in [0.15, 0.2) is 29.2 Å². The van der Waals surface area contributed by atoms with E-state index in [9.17, 15) is 22.8 Å². The predicted molar refractivity (Wildman–Crippen MR) is 112 cm³/mol. The van der Waals surface area contributed by atoms with Crippen LogP contribution in [0.1, 0.15) is 23.7 Å². The molecule has 1 saturated heterocycles. The van der Waals surface area contributed by atoms with Crippen molar-refractivity contribution < 1.29 is 22.7 Å². The molecule has 0 unspecified atom stereocenters. The summed E-state index contributed by atoms with van der Waals surface area (Å²) in [6.07, 6.45) is -3.67. The molecule has 0 aliphatic carbocycles. The van der Waals surface area contributed by atoms with Crippen LogP contribution in [0.25, 0.3) is 0 Å². The minimum atomic E-state index is -4.61. The number of morpholine rings is 1. The number of rotatable bonds is 4. The zero-order valence-corrected chi connectivity index (χ0v) is 17.9. The van der Waals surface area contributed by atoms with E-state index in [1.165, 1.54) is 29.0 Å². The standard InChI is InChI=1S/C20H21ClF3N5O3/c1-12-11-32-7-6-27(12)17-9-18(31)28-5-3-15(20(22,23)24)29(19(28)26-17)10-14(30)13-2-4-25-16(21)8-13/h2,4,8-9,12,15H,3,5-7,10-11H2,1H3/t12-,15+/m1/s1. The number of alkyl halides is 3. The van der Waals surface area contributed by atoms with Crippen LogP contribution in [-0.4, -0.2) is 64.9 Å². The molecule has 0 bridgehead atoms. The summed E-state index contributed by atoms with van der Waals surface area (Å²) in [7, 11) is 0. The quantitative estimate of drug-likeness (QED) is 0.500. The SMILES string of the molecule is C[C@@H]1COCCN1c1cc(=O)n2c(n1)N(CC(=O)c1ccnc(Cl)c1)[C@H](C(F)(F)F)CC2. The fourth-order valence-electron chi connectivity index (χ4n) is 4.02. The van der Waals surface area contributed by atoms with E-state index in [2.05, 4.69) is 9.97 Å². The molecule has 0 aromatic carbocycles. The average Bonchev–Trinajstić information content (AvgIpc) is 2.73. The number of fused-ring (bicyclic) bond motifs is 1. The number of hydrogen-bond donors (Lipinski definition) is 0. The van der Waals surface area contributed by atoms with Crippen molar-refractivity contribution in [2.45, 2.75) is 38.1 Å². The summed E-state index contributed by atoms with van der Waals surface area (Å²) < 4.78 is 48.3. The molecule has 0 saturated carbocycles. The average molecular weight is 472 g/mol. The van der Waals surface area contributed by atoms with Crippen molar-refractivity contribution in [3.8, 4) is 0 Å². The fourth-order valence-corrected chi connectivity index (χ4v) is 4.19. The summed E-state index contributed by atoms with van der Waals surface area (Å²) in [4.78, 5) is 36.5. The minimum absolute atomic E-state index is 0.0557. The molecule has 1 fully saturated rings. The monoisotopic (exact) mass is 471 g/mol. The van der Waals surface area contributed by atoms with Crippen LogP contribution in [0.2, 0.25) is 5.15 Å². The van der Waals surface area contributed by atoms with E-state index in [4.69, 9.17) is 16.3 Å². The summed E-state index contributed by atoms with van der Waals surface area (Å²) in [6, 6.07) is 1.94. The van der Waals surface area contributed by atoms with Crippen LogP contribution in [-0.2, 0) is 11.3 Å². The van der Waals surface area contributed by atoms with Crippen molar-refractivity contribution in [3.05, 3.63) is 45.5 Å². The number of carbonyl (C=O) groups excluding carboxylic acids is 1. The number of nitrogens with zero attached hydrogens (tertiary/aromatic N) is 5. The van der Waals surface area contributed by atoms with Crippen LogP contribution < -0.4 is 15.4 Å². The van der Waals surface area contributed by atoms with Crippen LogP contribution in [0, 0.1) is 0 Å². The number of carbonyl (C=O) groups is 1. The third kappa shape index (κ3) is 4.44. The molecule has 2 aliphatic rings. The zero-order valence-electron chi connectivity index (χ0n) is 17.2. The molecule has 2 aromatic heterocycles. The second kappa shape index (κ2) is 8.70. The van der Waals surface area contributed by atoms with E-state index in [0.717, 1.165) is 4.90 Å². The molecule has 4 heterocycles. The first-order valence-corrected chi connectivity index (χ1v) is 10.5. The Kier molecular flexibility index (Phi) is 6.13. The Morgan fingerprint density at radius 2 is 2.09 bits per heavy atom. The van der Waals surface area contributed by atoms with E-state index in [1.807, 2.05) is 11.8 Å². The number of aromatic nitrogens is 3. The van der Waals surface area contributed by atoms with Gasteiger partial charge in [-0.15, -0.1) is 0 Å². The zero-order chi connectivity index (χ0) is 23.0. The third-order valence-corrected chi connectivity index (χ3v) is 5.84. The molecular formula is C20H21ClF3N5O3. The number of ketones is 1. The number of pyridine rings is 1. The molecule has 12 heteroatoms. The molecule has 2 aliphatic heterocycles. The fraction of sp³-hybridized carbons (Fsp3) is 0.500. The van der Waals surface area contributed by atoms with Crippen molar-refractivity contribution >= 4 is 29.2 Å². The van der Waals surface area contributed by atoms with Gasteiger partial charge in [0.15, 0.2) is 5.78 Å². The van der Waals surface area contributed by atoms with Gasteiger partial charge in [-0.25, -0.2) is 4.98 Å². The van der Waals surface area contributed by atoms with E-state index in [-0.39, 0.29) is 41.5 Å². The lowest BCUT2D eigenvalue weighted by atomic mass is 10.1. The second-order valence-electron chi connectivity index (χ2n) is 7.79. The first kappa shape index (κ1) is 22.5. The van der Waals surface area contributed by atoms with Gasteiger partial charge in [0.1, 0.15) is 17.0 Å². The van der Waals surface area contributed by atoms with Gasteiger partial charge in [0.25, 0.3) is 5.56 Å². The van der Waals surface area contributed by atoms with Crippen LogP contribution in [0.5, 0.6) is 0 Å². The van der Waals surface area contributed by atoms with E-state index < -0.39 is 30.1 Å². The Balaban J connectivity index is 1.76. The number of ether oxygens (including phenoxy) is 1. The van der Waals surface area contributed by atoms with E-state index >= 15 is 0 Å². The highest BCUT2D eigenvalue weighted by atomic mass is 35.5. The normalized spacial score (nSPS) is 21.4. The van der Waals surface area contributed by atoms with Gasteiger partial charge < -0.3 is 14.5 Å². The molecular weight excluding hydrogens is 451 g/mol. The van der Waals surface area contributed by atoms with Crippen molar-refractivity contribution in [1.29, 1.82) is 0 Å². The molecule has 8 nitrogen and oxygen atoms in total. The molecule has 0 amide bonds. The Bertz CT molecular complexity index is 1080. The van der Waals surface area contributed by atoms with Crippen LogP contribution in [0.3, 0.4) is 0 Å². The van der Waals surface area contributed by atoms with E-state index in [1.54, 1.807) is 0 Å². The van der Waals surface area contributed by atoms with Gasteiger partial charge >= 0.3 is 6.18 Å². The van der Waals surface area contributed by atoms with Crippen LogP contribution in [0.4, 0.5) is 24.9 Å². The summed E-state index contributed by atoms with van der Waals surface area (Å²) in [5.41, 5.74) is -0.336. The molecule has 172 valence electrons. The first-order valence-electron chi connectivity index (χ1n) is 10.1. The van der Waals surface area contributed by atoms with Gasteiger partial charge in [0, 0.05) is 30.9 Å². The lowest BCUT2D eigenvalue weighted by Gasteiger charge is -2.40. The van der Waals surface area contributed by atoms with Gasteiger partial charge in [-0.2, -0.15) is 18.2 Å². The predicted octanol–water partition coefficient (Wildman–Crippen LogP) is 2.54. The Hall–Kier alpha value is -2.66. The maximum Gasteiger partial charge on any atom is 0.408 e. The molecule has 0 spiro atoms. The van der Waals surface area contributed by atoms with Crippen LogP contribution >= 0.6 is 11.6 Å². The Morgan fingerprint density at radius 1 is 1.31 bits per heavy atom. The smallest absolute Gasteiger partial charge is 0.377 e. The molecule has 32 heavy (non-hydrogen) atoms. The van der Waals surface area contributed by atoms with Crippen molar-refractivity contribution in [2.24, 2.45) is 0 Å². The topological polar surface area (TPSA) is 80.6 Å². The lowest BCUT2D eigenvalue weighted by Crippen LogP contribution is -2.54. The summed E-state index contributed by atoms with van der Waals surface area (Å²) in [5, 5.41) is 0.0557. The minimum Gasteiger partial charge on any atom is -0.377 e. The third-order valence-electron chi connectivity index (χ3n) is 5.64. The number of anilines is 2. The van der Waals surface area contributed by atoms with Crippen molar-refractivity contribution in [2.75, 3.05) is 36.1 Å². The van der Waals surface area contributed by atoms with Crippen molar-refractivity contribution in [1.82, 2.24) is 14.5 Å². The molecule has 0 N–H and O–H groups in total. The van der Waals surface area contributed by atoms with E-state index in [0.29, 0.717) is 19.8 Å². The number of halogens is 4. The summed E-state index contributed by atoms with van der Waals surface area (Å²) in [6.45, 7) is 2.41. The molecule has 0 radical (unpaired) electrons. The largest absolute Gasteiger partial charge is 0.408 e. The van der Waals surface area contributed by atoms with Gasteiger partial charge in [-0.05, 0) is 25.5 Å². The lowest BCUT2D eigenvalue weighted by molar-refractivity contribution is -0.152.